The zero-order valence-electron chi connectivity index (χ0n) is 12.2. The van der Waals surface area contributed by atoms with Crippen LogP contribution in [0.25, 0.3) is 0 Å². The summed E-state index contributed by atoms with van der Waals surface area (Å²) in [6.45, 7) is -0.138. The van der Waals surface area contributed by atoms with Gasteiger partial charge in [0, 0.05) is 5.92 Å². The summed E-state index contributed by atoms with van der Waals surface area (Å²) in [6.07, 6.45) is 0.470. The van der Waals surface area contributed by atoms with E-state index in [1.54, 1.807) is 38.5 Å². The lowest BCUT2D eigenvalue weighted by atomic mass is 9.92. The van der Waals surface area contributed by atoms with Crippen molar-refractivity contribution in [2.24, 2.45) is 0 Å². The first-order valence-electron chi connectivity index (χ1n) is 6.75. The molecule has 3 nitrogen and oxygen atoms in total. The van der Waals surface area contributed by atoms with E-state index in [9.17, 15) is 9.50 Å². The molecule has 0 spiro atoms. The van der Waals surface area contributed by atoms with Crippen LogP contribution in [0.1, 0.15) is 17.0 Å². The number of methoxy groups -OCH3 is 2. The standard InChI is InChI=1S/C17H19FO3/c1-20-14-7-8-17(21-2)12(10-14)9-13(11-19)15-5-3-4-6-16(15)18/h3-8,10,13,19H,9,11H2,1-2H3. The van der Waals surface area contributed by atoms with Crippen molar-refractivity contribution in [2.45, 2.75) is 12.3 Å². The van der Waals surface area contributed by atoms with Gasteiger partial charge < -0.3 is 14.6 Å². The lowest BCUT2D eigenvalue weighted by Crippen LogP contribution is -2.10. The van der Waals surface area contributed by atoms with Crippen LogP contribution < -0.4 is 9.47 Å². The van der Waals surface area contributed by atoms with Crippen LogP contribution in [0.4, 0.5) is 4.39 Å². The maximum atomic E-state index is 13.9. The molecule has 0 aromatic heterocycles. The predicted molar refractivity (Wildman–Crippen MR) is 79.5 cm³/mol. The van der Waals surface area contributed by atoms with E-state index in [2.05, 4.69) is 0 Å². The molecule has 2 aromatic carbocycles. The van der Waals surface area contributed by atoms with Crippen molar-refractivity contribution in [3.63, 3.8) is 0 Å². The zero-order chi connectivity index (χ0) is 15.2. The normalized spacial score (nSPS) is 12.0. The highest BCUT2D eigenvalue weighted by molar-refractivity contribution is 5.41. The molecular weight excluding hydrogens is 271 g/mol. The number of aliphatic hydroxyl groups excluding tert-OH is 1. The van der Waals surface area contributed by atoms with Gasteiger partial charge in [-0.1, -0.05) is 18.2 Å². The molecule has 0 radical (unpaired) electrons. The summed E-state index contributed by atoms with van der Waals surface area (Å²) < 4.78 is 24.4. The van der Waals surface area contributed by atoms with Crippen molar-refractivity contribution in [3.05, 3.63) is 59.4 Å². The molecule has 4 heteroatoms. The number of benzene rings is 2. The maximum absolute atomic E-state index is 13.9. The fourth-order valence-corrected chi connectivity index (χ4v) is 2.39. The Bertz CT molecular complexity index is 598. The van der Waals surface area contributed by atoms with E-state index >= 15 is 0 Å². The Morgan fingerprint density at radius 2 is 1.86 bits per heavy atom. The van der Waals surface area contributed by atoms with Crippen molar-refractivity contribution < 1.29 is 19.0 Å². The minimum atomic E-state index is -0.327. The highest BCUT2D eigenvalue weighted by atomic mass is 19.1. The summed E-state index contributed by atoms with van der Waals surface area (Å²) in [7, 11) is 3.17. The minimum absolute atomic E-state index is 0.138. The molecular formula is C17H19FO3. The van der Waals surface area contributed by atoms with Gasteiger partial charge in [-0.2, -0.15) is 0 Å². The summed E-state index contributed by atoms with van der Waals surface area (Å²) in [5, 5.41) is 9.62. The number of ether oxygens (including phenoxy) is 2. The number of hydrogen-bond acceptors (Lipinski definition) is 3. The summed E-state index contributed by atoms with van der Waals surface area (Å²) in [6, 6.07) is 12.0. The number of halogens is 1. The SMILES string of the molecule is COc1ccc(OC)c(CC(CO)c2ccccc2F)c1. The molecule has 1 atom stereocenters. The Balaban J connectivity index is 2.32. The molecule has 0 aliphatic rings. The van der Waals surface area contributed by atoms with Gasteiger partial charge in [0.15, 0.2) is 0 Å². The molecule has 0 aliphatic carbocycles. The van der Waals surface area contributed by atoms with Gasteiger partial charge in [0.05, 0.1) is 20.8 Å². The molecule has 0 heterocycles. The topological polar surface area (TPSA) is 38.7 Å². The van der Waals surface area contributed by atoms with Gasteiger partial charge in [0.2, 0.25) is 0 Å². The van der Waals surface area contributed by atoms with Crippen molar-refractivity contribution in [2.75, 3.05) is 20.8 Å². The van der Waals surface area contributed by atoms with Crippen LogP contribution in [0.3, 0.4) is 0 Å². The number of rotatable bonds is 6. The van der Waals surface area contributed by atoms with Crippen LogP contribution in [0, 0.1) is 5.82 Å². The molecule has 21 heavy (non-hydrogen) atoms. The van der Waals surface area contributed by atoms with Crippen molar-refractivity contribution in [1.82, 2.24) is 0 Å². The van der Waals surface area contributed by atoms with Crippen LogP contribution in [0.5, 0.6) is 11.5 Å². The molecule has 2 rings (SSSR count). The van der Waals surface area contributed by atoms with Crippen LogP contribution >= 0.6 is 0 Å². The second-order valence-corrected chi connectivity index (χ2v) is 4.78. The first-order valence-corrected chi connectivity index (χ1v) is 6.75. The van der Waals surface area contributed by atoms with Crippen LogP contribution in [0.15, 0.2) is 42.5 Å². The molecule has 0 aliphatic heterocycles. The molecule has 0 bridgehead atoms. The van der Waals surface area contributed by atoms with Crippen LogP contribution in [-0.2, 0) is 6.42 Å². The molecule has 0 saturated heterocycles. The smallest absolute Gasteiger partial charge is 0.126 e. The van der Waals surface area contributed by atoms with Gasteiger partial charge in [-0.25, -0.2) is 4.39 Å². The van der Waals surface area contributed by atoms with E-state index in [4.69, 9.17) is 9.47 Å². The van der Waals surface area contributed by atoms with E-state index in [1.165, 1.54) is 6.07 Å². The molecule has 0 amide bonds. The third-order valence-electron chi connectivity index (χ3n) is 3.52. The van der Waals surface area contributed by atoms with Crippen LogP contribution in [-0.4, -0.2) is 25.9 Å². The Kier molecular flexibility index (Phi) is 5.17. The summed E-state index contributed by atoms with van der Waals surface area (Å²) >= 11 is 0. The van der Waals surface area contributed by atoms with E-state index in [0.29, 0.717) is 23.5 Å². The molecule has 112 valence electrons. The molecule has 0 fully saturated rings. The predicted octanol–water partition coefficient (Wildman–Crippen LogP) is 3.16. The van der Waals surface area contributed by atoms with Gasteiger partial charge in [-0.3, -0.25) is 0 Å². The molecule has 1 unspecified atom stereocenters. The first-order chi connectivity index (χ1) is 10.2. The Morgan fingerprint density at radius 1 is 1.10 bits per heavy atom. The summed E-state index contributed by atoms with van der Waals surface area (Å²) in [4.78, 5) is 0. The fraction of sp³-hybridized carbons (Fsp3) is 0.294. The minimum Gasteiger partial charge on any atom is -0.497 e. The van der Waals surface area contributed by atoms with E-state index < -0.39 is 0 Å². The van der Waals surface area contributed by atoms with E-state index in [1.807, 2.05) is 12.1 Å². The van der Waals surface area contributed by atoms with Gasteiger partial charge in [-0.05, 0) is 41.8 Å². The first kappa shape index (κ1) is 15.3. The average molecular weight is 290 g/mol. The molecule has 2 aromatic rings. The summed E-state index contributed by atoms with van der Waals surface area (Å²) in [5.41, 5.74) is 1.38. The van der Waals surface area contributed by atoms with Gasteiger partial charge in [0.25, 0.3) is 0 Å². The van der Waals surface area contributed by atoms with E-state index in [-0.39, 0.29) is 18.3 Å². The second kappa shape index (κ2) is 7.09. The van der Waals surface area contributed by atoms with Crippen molar-refractivity contribution in [1.29, 1.82) is 0 Å². The maximum Gasteiger partial charge on any atom is 0.126 e. The van der Waals surface area contributed by atoms with Gasteiger partial charge in [-0.15, -0.1) is 0 Å². The lowest BCUT2D eigenvalue weighted by molar-refractivity contribution is 0.260. The highest BCUT2D eigenvalue weighted by Crippen LogP contribution is 2.30. The summed E-state index contributed by atoms with van der Waals surface area (Å²) in [5.74, 6) is 0.771. The third-order valence-corrected chi connectivity index (χ3v) is 3.52. The largest absolute Gasteiger partial charge is 0.497 e. The van der Waals surface area contributed by atoms with Crippen molar-refractivity contribution >= 4 is 0 Å². The van der Waals surface area contributed by atoms with Gasteiger partial charge >= 0.3 is 0 Å². The fourth-order valence-electron chi connectivity index (χ4n) is 2.39. The Hall–Kier alpha value is -2.07. The second-order valence-electron chi connectivity index (χ2n) is 4.78. The quantitative estimate of drug-likeness (QED) is 0.888. The van der Waals surface area contributed by atoms with E-state index in [0.717, 1.165) is 5.56 Å². The molecule has 0 saturated carbocycles. The third kappa shape index (κ3) is 3.52. The highest BCUT2D eigenvalue weighted by Gasteiger charge is 2.17. The number of aliphatic hydroxyl groups is 1. The zero-order valence-corrected chi connectivity index (χ0v) is 12.2. The number of hydrogen-bond donors (Lipinski definition) is 1. The Morgan fingerprint density at radius 3 is 2.48 bits per heavy atom. The van der Waals surface area contributed by atoms with Crippen molar-refractivity contribution in [3.8, 4) is 11.5 Å². The van der Waals surface area contributed by atoms with Crippen LogP contribution in [0.2, 0.25) is 0 Å². The monoisotopic (exact) mass is 290 g/mol. The van der Waals surface area contributed by atoms with Gasteiger partial charge in [0.1, 0.15) is 17.3 Å². The Labute approximate surface area is 124 Å². The lowest BCUT2D eigenvalue weighted by Gasteiger charge is -2.18. The average Bonchev–Trinajstić information content (AvgIpc) is 2.53. The molecule has 1 N–H and O–H groups in total.